The van der Waals surface area contributed by atoms with Crippen molar-refractivity contribution >= 4 is 17.7 Å². The van der Waals surface area contributed by atoms with Crippen molar-refractivity contribution in [1.82, 2.24) is 15.1 Å². The fraction of sp³-hybridized carbons (Fsp3) is 0.526. The van der Waals surface area contributed by atoms with E-state index < -0.39 is 6.04 Å². The zero-order valence-corrected chi connectivity index (χ0v) is 15.3. The Morgan fingerprint density at radius 2 is 2.12 bits per heavy atom. The molecule has 0 spiro atoms. The minimum Gasteiger partial charge on any atom is -0.327 e. The zero-order valence-electron chi connectivity index (χ0n) is 15.3. The molecule has 140 valence electrons. The molecule has 0 aromatic heterocycles. The Hall–Kier alpha value is -2.25. The van der Waals surface area contributed by atoms with Crippen LogP contribution in [0.15, 0.2) is 18.2 Å². The van der Waals surface area contributed by atoms with Gasteiger partial charge in [-0.2, -0.15) is 0 Å². The molecule has 0 bridgehead atoms. The highest BCUT2D eigenvalue weighted by Crippen LogP contribution is 2.28. The number of piperidine rings is 1. The summed E-state index contributed by atoms with van der Waals surface area (Å²) in [6.45, 7) is 4.05. The maximum atomic E-state index is 12.7. The van der Waals surface area contributed by atoms with E-state index in [0.29, 0.717) is 18.5 Å². The maximum absolute atomic E-state index is 12.7. The van der Waals surface area contributed by atoms with Gasteiger partial charge in [0.05, 0.1) is 0 Å². The van der Waals surface area contributed by atoms with Crippen molar-refractivity contribution in [1.29, 1.82) is 0 Å². The van der Waals surface area contributed by atoms with Crippen molar-refractivity contribution in [3.8, 4) is 0 Å². The summed E-state index contributed by atoms with van der Waals surface area (Å²) < 4.78 is 0. The van der Waals surface area contributed by atoms with Crippen molar-refractivity contribution in [2.75, 3.05) is 13.6 Å². The van der Waals surface area contributed by atoms with Gasteiger partial charge in [-0.3, -0.25) is 19.7 Å². The topological polar surface area (TPSA) is 95.7 Å². The highest BCUT2D eigenvalue weighted by atomic mass is 16.2. The lowest BCUT2D eigenvalue weighted by atomic mass is 10.0. The predicted molar refractivity (Wildman–Crippen MR) is 97.1 cm³/mol. The van der Waals surface area contributed by atoms with Crippen molar-refractivity contribution in [2.45, 2.75) is 51.4 Å². The smallest absolute Gasteiger partial charge is 0.255 e. The first kappa shape index (κ1) is 18.5. The molecule has 7 heteroatoms. The summed E-state index contributed by atoms with van der Waals surface area (Å²) in [5.41, 5.74) is 8.70. The molecule has 2 unspecified atom stereocenters. The van der Waals surface area contributed by atoms with Crippen LogP contribution in [0.2, 0.25) is 0 Å². The minimum absolute atomic E-state index is 0.137. The van der Waals surface area contributed by atoms with Gasteiger partial charge in [0.25, 0.3) is 5.91 Å². The number of fused-ring (bicyclic) bond motifs is 1. The van der Waals surface area contributed by atoms with Gasteiger partial charge in [-0.1, -0.05) is 19.1 Å². The van der Waals surface area contributed by atoms with Crippen molar-refractivity contribution in [3.05, 3.63) is 34.9 Å². The van der Waals surface area contributed by atoms with Gasteiger partial charge in [0.1, 0.15) is 6.04 Å². The van der Waals surface area contributed by atoms with Crippen LogP contribution in [-0.4, -0.2) is 53.2 Å². The molecular formula is C19H26N4O3. The first-order valence-electron chi connectivity index (χ1n) is 9.09. The van der Waals surface area contributed by atoms with Gasteiger partial charge in [-0.15, -0.1) is 0 Å². The molecule has 3 N–H and O–H groups in total. The average molecular weight is 358 g/mol. The Bertz CT molecular complexity index is 733. The predicted octanol–water partition coefficient (Wildman–Crippen LogP) is 0.617. The Morgan fingerprint density at radius 3 is 2.81 bits per heavy atom. The third-order valence-corrected chi connectivity index (χ3v) is 5.11. The lowest BCUT2D eigenvalue weighted by Gasteiger charge is -2.29. The number of nitrogens with zero attached hydrogens (tertiary/aromatic N) is 2. The van der Waals surface area contributed by atoms with Gasteiger partial charge >= 0.3 is 0 Å². The van der Waals surface area contributed by atoms with Gasteiger partial charge in [0.15, 0.2) is 0 Å². The Balaban J connectivity index is 1.70. The van der Waals surface area contributed by atoms with Gasteiger partial charge < -0.3 is 15.5 Å². The van der Waals surface area contributed by atoms with E-state index in [1.54, 1.807) is 4.90 Å². The van der Waals surface area contributed by atoms with E-state index in [1.807, 2.05) is 25.2 Å². The SMILES string of the molecule is CCC(N)CN(C)Cc1ccc2c(c1)CN(C1CCC(=O)NC1=O)C2=O. The molecule has 2 atom stereocenters. The summed E-state index contributed by atoms with van der Waals surface area (Å²) in [6.07, 6.45) is 1.59. The monoisotopic (exact) mass is 358 g/mol. The number of carbonyl (C=O) groups is 3. The molecule has 26 heavy (non-hydrogen) atoms. The third-order valence-electron chi connectivity index (χ3n) is 5.11. The summed E-state index contributed by atoms with van der Waals surface area (Å²) in [5.74, 6) is -0.788. The standard InChI is InChI=1S/C19H26N4O3/c1-3-14(20)11-22(2)9-12-4-5-15-13(8-12)10-23(19(15)26)16-6-7-17(24)21-18(16)25/h4-5,8,14,16H,3,6-7,9-11,20H2,1-2H3,(H,21,24,25). The molecule has 1 aromatic carbocycles. The van der Waals surface area contributed by atoms with Gasteiger partial charge in [0, 0.05) is 37.7 Å². The zero-order chi connectivity index (χ0) is 18.8. The Morgan fingerprint density at radius 1 is 1.35 bits per heavy atom. The first-order valence-corrected chi connectivity index (χ1v) is 9.09. The summed E-state index contributed by atoms with van der Waals surface area (Å²) in [4.78, 5) is 39.8. The molecule has 1 saturated heterocycles. The molecule has 1 aromatic rings. The number of benzene rings is 1. The fourth-order valence-electron chi connectivity index (χ4n) is 3.63. The average Bonchev–Trinajstić information content (AvgIpc) is 2.90. The van der Waals surface area contributed by atoms with Gasteiger partial charge in [-0.05, 0) is 37.1 Å². The fourth-order valence-corrected chi connectivity index (χ4v) is 3.63. The number of rotatable bonds is 6. The van der Waals surface area contributed by atoms with Crippen LogP contribution in [0, 0.1) is 0 Å². The van der Waals surface area contributed by atoms with Crippen molar-refractivity contribution < 1.29 is 14.4 Å². The Kier molecular flexibility index (Phi) is 5.38. The quantitative estimate of drug-likeness (QED) is 0.727. The minimum atomic E-state index is -0.568. The second kappa shape index (κ2) is 7.55. The molecular weight excluding hydrogens is 332 g/mol. The van der Waals surface area contributed by atoms with Crippen molar-refractivity contribution in [3.63, 3.8) is 0 Å². The number of imide groups is 1. The van der Waals surface area contributed by atoms with E-state index in [0.717, 1.165) is 30.6 Å². The molecule has 0 saturated carbocycles. The molecule has 0 radical (unpaired) electrons. The summed E-state index contributed by atoms with van der Waals surface area (Å²) >= 11 is 0. The van der Waals surface area contributed by atoms with E-state index in [9.17, 15) is 14.4 Å². The summed E-state index contributed by atoms with van der Waals surface area (Å²) in [6, 6.07) is 5.42. The molecule has 0 aliphatic carbocycles. The molecule has 2 aliphatic heterocycles. The molecule has 7 nitrogen and oxygen atoms in total. The molecule has 3 rings (SSSR count). The normalized spacial score (nSPS) is 21.2. The van der Waals surface area contributed by atoms with E-state index in [2.05, 4.69) is 17.1 Å². The maximum Gasteiger partial charge on any atom is 0.255 e. The summed E-state index contributed by atoms with van der Waals surface area (Å²) in [5, 5.41) is 2.32. The summed E-state index contributed by atoms with van der Waals surface area (Å²) in [7, 11) is 2.03. The van der Waals surface area contributed by atoms with E-state index in [-0.39, 0.29) is 30.2 Å². The van der Waals surface area contributed by atoms with Crippen LogP contribution >= 0.6 is 0 Å². The van der Waals surface area contributed by atoms with Crippen LogP contribution in [0.1, 0.15) is 47.7 Å². The van der Waals surface area contributed by atoms with Crippen LogP contribution in [-0.2, 0) is 22.7 Å². The highest BCUT2D eigenvalue weighted by molar-refractivity contribution is 6.05. The number of likely N-dealkylation sites (N-methyl/N-ethyl adjacent to an activating group) is 1. The number of hydrogen-bond donors (Lipinski definition) is 2. The molecule has 2 aliphatic rings. The van der Waals surface area contributed by atoms with Crippen LogP contribution in [0.3, 0.4) is 0 Å². The van der Waals surface area contributed by atoms with Crippen LogP contribution in [0.25, 0.3) is 0 Å². The largest absolute Gasteiger partial charge is 0.327 e. The van der Waals surface area contributed by atoms with E-state index in [4.69, 9.17) is 5.73 Å². The molecule has 3 amide bonds. The number of hydrogen-bond acceptors (Lipinski definition) is 5. The van der Waals surface area contributed by atoms with Crippen LogP contribution < -0.4 is 11.1 Å². The van der Waals surface area contributed by atoms with E-state index in [1.165, 1.54) is 0 Å². The number of amides is 3. The van der Waals surface area contributed by atoms with Gasteiger partial charge in [0.2, 0.25) is 11.8 Å². The number of carbonyl (C=O) groups excluding carboxylic acids is 3. The van der Waals surface area contributed by atoms with E-state index >= 15 is 0 Å². The lowest BCUT2D eigenvalue weighted by molar-refractivity contribution is -0.136. The number of nitrogens with one attached hydrogen (secondary N) is 1. The van der Waals surface area contributed by atoms with Crippen LogP contribution in [0.5, 0.6) is 0 Å². The van der Waals surface area contributed by atoms with Gasteiger partial charge in [-0.25, -0.2) is 0 Å². The Labute approximate surface area is 153 Å². The number of nitrogens with two attached hydrogens (primary N) is 1. The van der Waals surface area contributed by atoms with Crippen molar-refractivity contribution in [2.24, 2.45) is 5.73 Å². The second-order valence-corrected chi connectivity index (χ2v) is 7.26. The molecule has 1 fully saturated rings. The lowest BCUT2D eigenvalue weighted by Crippen LogP contribution is -2.52. The second-order valence-electron chi connectivity index (χ2n) is 7.26. The highest BCUT2D eigenvalue weighted by Gasteiger charge is 2.39. The third kappa shape index (κ3) is 3.78. The first-order chi connectivity index (χ1) is 12.4. The molecule has 2 heterocycles. The van der Waals surface area contributed by atoms with Crippen LogP contribution in [0.4, 0.5) is 0 Å².